The molecule has 0 amide bonds. The predicted octanol–water partition coefficient (Wildman–Crippen LogP) is 3.10. The lowest BCUT2D eigenvalue weighted by molar-refractivity contribution is -0.133. The molecule has 2 aromatic carbocycles. The average Bonchev–Trinajstić information content (AvgIpc) is 2.37. The van der Waals surface area contributed by atoms with Gasteiger partial charge in [-0.2, -0.15) is 0 Å². The molecule has 0 radical (unpaired) electrons. The third-order valence-electron chi connectivity index (χ3n) is 2.52. The minimum atomic E-state index is -0.701. The topological polar surface area (TPSA) is 43.4 Å². The summed E-state index contributed by atoms with van der Waals surface area (Å²) in [5.74, 6) is -1.36. The zero-order valence-electron chi connectivity index (χ0n) is 9.97. The van der Waals surface area contributed by atoms with Crippen molar-refractivity contribution in [1.82, 2.24) is 0 Å². The maximum absolute atomic E-state index is 11.7. The molecule has 3 nitrogen and oxygen atoms in total. The van der Waals surface area contributed by atoms with Gasteiger partial charge < -0.3 is 4.74 Å². The Balaban J connectivity index is 2.28. The first-order chi connectivity index (χ1) is 8.58. The first-order valence-corrected chi connectivity index (χ1v) is 5.49. The largest absolute Gasteiger partial charge is 0.386 e. The van der Waals surface area contributed by atoms with E-state index in [2.05, 4.69) is 11.3 Å². The van der Waals surface area contributed by atoms with Crippen LogP contribution < -0.4 is 0 Å². The van der Waals surface area contributed by atoms with Gasteiger partial charge >= 0.3 is 11.9 Å². The van der Waals surface area contributed by atoms with E-state index in [-0.39, 0.29) is 5.57 Å². The summed E-state index contributed by atoms with van der Waals surface area (Å²) in [6.07, 6.45) is 0. The van der Waals surface area contributed by atoms with Gasteiger partial charge in [-0.25, -0.2) is 9.59 Å². The molecular weight excluding hydrogens is 228 g/mol. The minimum Gasteiger partial charge on any atom is -0.386 e. The van der Waals surface area contributed by atoms with Crippen molar-refractivity contribution < 1.29 is 14.3 Å². The van der Waals surface area contributed by atoms with Crippen molar-refractivity contribution in [1.29, 1.82) is 0 Å². The van der Waals surface area contributed by atoms with Crippen molar-refractivity contribution in [2.45, 2.75) is 6.92 Å². The summed E-state index contributed by atoms with van der Waals surface area (Å²) in [6.45, 7) is 4.92. The number of esters is 2. The third kappa shape index (κ3) is 2.46. The lowest BCUT2D eigenvalue weighted by Gasteiger charge is -2.04. The van der Waals surface area contributed by atoms with E-state index in [9.17, 15) is 9.59 Å². The Bertz CT molecular complexity index is 641. The van der Waals surface area contributed by atoms with Gasteiger partial charge in [0.05, 0.1) is 5.56 Å². The van der Waals surface area contributed by atoms with Gasteiger partial charge in [0.15, 0.2) is 0 Å². The normalized spacial score (nSPS) is 10.1. The van der Waals surface area contributed by atoms with E-state index in [0.29, 0.717) is 5.56 Å². The van der Waals surface area contributed by atoms with Crippen LogP contribution in [-0.4, -0.2) is 11.9 Å². The van der Waals surface area contributed by atoms with Gasteiger partial charge in [-0.3, -0.25) is 0 Å². The summed E-state index contributed by atoms with van der Waals surface area (Å²) in [5, 5.41) is 1.95. The van der Waals surface area contributed by atoms with Crippen LogP contribution in [0.2, 0.25) is 0 Å². The molecule has 0 saturated heterocycles. The fourth-order valence-electron chi connectivity index (χ4n) is 1.55. The number of hydrogen-bond acceptors (Lipinski definition) is 3. The Labute approximate surface area is 105 Å². The van der Waals surface area contributed by atoms with Crippen LogP contribution in [0.1, 0.15) is 17.3 Å². The third-order valence-corrected chi connectivity index (χ3v) is 2.52. The highest BCUT2D eigenvalue weighted by atomic mass is 16.6. The van der Waals surface area contributed by atoms with Gasteiger partial charge in [0.2, 0.25) is 0 Å². The van der Waals surface area contributed by atoms with Crippen LogP contribution in [0.25, 0.3) is 10.8 Å². The Morgan fingerprint density at radius 2 is 1.72 bits per heavy atom. The summed E-state index contributed by atoms with van der Waals surface area (Å²) in [5.41, 5.74) is 0.549. The van der Waals surface area contributed by atoms with E-state index in [1.165, 1.54) is 6.92 Å². The zero-order chi connectivity index (χ0) is 13.1. The summed E-state index contributed by atoms with van der Waals surface area (Å²) >= 11 is 0. The molecule has 0 unspecified atom stereocenters. The molecule has 18 heavy (non-hydrogen) atoms. The highest BCUT2D eigenvalue weighted by Crippen LogP contribution is 2.16. The number of fused-ring (bicyclic) bond motifs is 1. The lowest BCUT2D eigenvalue weighted by Crippen LogP contribution is -2.12. The highest BCUT2D eigenvalue weighted by Gasteiger charge is 2.13. The van der Waals surface area contributed by atoms with Crippen molar-refractivity contribution in [2.24, 2.45) is 0 Å². The van der Waals surface area contributed by atoms with Crippen molar-refractivity contribution in [3.05, 3.63) is 60.2 Å². The molecule has 0 heterocycles. The van der Waals surface area contributed by atoms with Crippen molar-refractivity contribution in [2.75, 3.05) is 0 Å². The maximum atomic E-state index is 11.7. The van der Waals surface area contributed by atoms with E-state index >= 15 is 0 Å². The zero-order valence-corrected chi connectivity index (χ0v) is 9.97. The maximum Gasteiger partial charge on any atom is 0.346 e. The van der Waals surface area contributed by atoms with Gasteiger partial charge in [-0.05, 0) is 29.8 Å². The van der Waals surface area contributed by atoms with Crippen LogP contribution in [-0.2, 0) is 9.53 Å². The van der Waals surface area contributed by atoms with Crippen LogP contribution in [0, 0.1) is 0 Å². The lowest BCUT2D eigenvalue weighted by atomic mass is 10.1. The van der Waals surface area contributed by atoms with E-state index in [0.717, 1.165) is 10.8 Å². The molecule has 0 saturated carbocycles. The molecule has 0 atom stereocenters. The van der Waals surface area contributed by atoms with Crippen LogP contribution >= 0.6 is 0 Å². The molecule has 90 valence electrons. The Hall–Kier alpha value is -2.42. The molecule has 0 aliphatic heterocycles. The molecule has 0 N–H and O–H groups in total. The minimum absolute atomic E-state index is 0.198. The molecule has 0 aliphatic rings. The molecule has 0 spiro atoms. The van der Waals surface area contributed by atoms with Crippen LogP contribution in [0.3, 0.4) is 0 Å². The van der Waals surface area contributed by atoms with Crippen LogP contribution in [0.15, 0.2) is 54.6 Å². The quantitative estimate of drug-likeness (QED) is 0.460. The Morgan fingerprint density at radius 3 is 2.39 bits per heavy atom. The second-order valence-corrected chi connectivity index (χ2v) is 4.02. The molecule has 0 aromatic heterocycles. The summed E-state index contributed by atoms with van der Waals surface area (Å²) in [7, 11) is 0. The van der Waals surface area contributed by atoms with Gasteiger partial charge in [-0.15, -0.1) is 0 Å². The van der Waals surface area contributed by atoms with Crippen molar-refractivity contribution in [3.8, 4) is 0 Å². The number of carbonyl (C=O) groups is 2. The Morgan fingerprint density at radius 1 is 1.06 bits per heavy atom. The molecule has 0 aliphatic carbocycles. The number of rotatable bonds is 2. The molecule has 2 rings (SSSR count). The molecule has 0 fully saturated rings. The van der Waals surface area contributed by atoms with E-state index in [1.54, 1.807) is 12.1 Å². The molecule has 2 aromatic rings. The Kier molecular flexibility index (Phi) is 3.24. The van der Waals surface area contributed by atoms with Gasteiger partial charge in [0, 0.05) is 5.57 Å². The number of hydrogen-bond donors (Lipinski definition) is 0. The fourth-order valence-corrected chi connectivity index (χ4v) is 1.55. The van der Waals surface area contributed by atoms with Crippen LogP contribution in [0.4, 0.5) is 0 Å². The molecular formula is C15H12O3. The van der Waals surface area contributed by atoms with E-state index in [4.69, 9.17) is 0 Å². The second-order valence-electron chi connectivity index (χ2n) is 4.02. The molecule has 3 heteroatoms. The van der Waals surface area contributed by atoms with Crippen molar-refractivity contribution in [3.63, 3.8) is 0 Å². The van der Waals surface area contributed by atoms with Gasteiger partial charge in [0.1, 0.15) is 0 Å². The number of carbonyl (C=O) groups excluding carboxylic acids is 2. The number of ether oxygens (including phenoxy) is 1. The standard InChI is InChI=1S/C15H12O3/c1-10(2)14(16)18-15(17)13-8-7-11-5-3-4-6-12(11)9-13/h3-9H,1H2,2H3. The SMILES string of the molecule is C=C(C)C(=O)OC(=O)c1ccc2ccccc2c1. The van der Waals surface area contributed by atoms with Crippen LogP contribution in [0.5, 0.6) is 0 Å². The first-order valence-electron chi connectivity index (χ1n) is 5.49. The summed E-state index contributed by atoms with van der Waals surface area (Å²) in [4.78, 5) is 23.0. The summed E-state index contributed by atoms with van der Waals surface area (Å²) in [6, 6.07) is 12.8. The average molecular weight is 240 g/mol. The number of benzene rings is 2. The fraction of sp³-hybridized carbons (Fsp3) is 0.0667. The molecule has 0 bridgehead atoms. The monoisotopic (exact) mass is 240 g/mol. The van der Waals surface area contributed by atoms with E-state index in [1.807, 2.05) is 30.3 Å². The second kappa shape index (κ2) is 4.84. The smallest absolute Gasteiger partial charge is 0.346 e. The first kappa shape index (κ1) is 12.0. The van der Waals surface area contributed by atoms with E-state index < -0.39 is 11.9 Å². The van der Waals surface area contributed by atoms with Gasteiger partial charge in [-0.1, -0.05) is 36.9 Å². The highest BCUT2D eigenvalue weighted by molar-refractivity contribution is 6.03. The summed E-state index contributed by atoms with van der Waals surface area (Å²) < 4.78 is 4.67. The van der Waals surface area contributed by atoms with Crippen molar-refractivity contribution >= 4 is 22.7 Å². The predicted molar refractivity (Wildman–Crippen MR) is 69.2 cm³/mol. The van der Waals surface area contributed by atoms with Gasteiger partial charge in [0.25, 0.3) is 0 Å².